The second kappa shape index (κ2) is 10.0. The monoisotopic (exact) mass is 532 g/mol. The number of aromatic nitrogens is 1. The van der Waals surface area contributed by atoms with Gasteiger partial charge in [0.2, 0.25) is 10.0 Å². The fourth-order valence-electron chi connectivity index (χ4n) is 6.45. The lowest BCUT2D eigenvalue weighted by atomic mass is 9.96. The number of aromatic hydroxyl groups is 1. The van der Waals surface area contributed by atoms with E-state index in [2.05, 4.69) is 10.2 Å². The first-order valence-electron chi connectivity index (χ1n) is 13.2. The van der Waals surface area contributed by atoms with Crippen LogP contribution >= 0.6 is 0 Å². The maximum atomic E-state index is 13.3. The molecule has 4 atom stereocenters. The normalized spacial score (nSPS) is 26.6. The van der Waals surface area contributed by atoms with Crippen LogP contribution in [0.3, 0.4) is 0 Å². The summed E-state index contributed by atoms with van der Waals surface area (Å²) in [6, 6.07) is 7.00. The molecule has 0 aliphatic carbocycles. The fraction of sp³-hybridized carbons (Fsp3) is 0.615. The van der Waals surface area contributed by atoms with Crippen molar-refractivity contribution < 1.29 is 23.4 Å². The van der Waals surface area contributed by atoms with Crippen LogP contribution in [0.2, 0.25) is 0 Å². The second-order valence-electron chi connectivity index (χ2n) is 10.9. The molecule has 3 fully saturated rings. The van der Waals surface area contributed by atoms with E-state index in [1.54, 1.807) is 24.3 Å². The summed E-state index contributed by atoms with van der Waals surface area (Å²) >= 11 is 0. The number of nitrogens with one attached hydrogen (secondary N) is 1. The number of nitrogens with zero attached hydrogens (tertiary/aromatic N) is 3. The Bertz CT molecular complexity index is 1340. The predicted molar refractivity (Wildman–Crippen MR) is 140 cm³/mol. The average molecular weight is 533 g/mol. The molecule has 3 aliphatic rings. The molecule has 2 aromatic rings. The molecule has 2 unspecified atom stereocenters. The number of aliphatic hydroxyl groups is 1. The summed E-state index contributed by atoms with van der Waals surface area (Å²) in [7, 11) is -3.25. The van der Waals surface area contributed by atoms with Gasteiger partial charge in [-0.1, -0.05) is 12.1 Å². The molecule has 5 rings (SSSR count). The average Bonchev–Trinajstić information content (AvgIpc) is 3.26. The summed E-state index contributed by atoms with van der Waals surface area (Å²) in [4.78, 5) is 28.9. The first-order valence-corrected chi connectivity index (χ1v) is 14.8. The Labute approximate surface area is 216 Å². The number of aliphatic hydroxyl groups excluding tert-OH is 1. The van der Waals surface area contributed by atoms with Gasteiger partial charge in [-0.3, -0.25) is 14.5 Å². The number of para-hydroxylation sites is 1. The summed E-state index contributed by atoms with van der Waals surface area (Å²) < 4.78 is 27.1. The second-order valence-corrected chi connectivity index (χ2v) is 13.0. The van der Waals surface area contributed by atoms with Crippen molar-refractivity contribution >= 4 is 26.8 Å². The van der Waals surface area contributed by atoms with Crippen LogP contribution in [0, 0.1) is 0 Å². The summed E-state index contributed by atoms with van der Waals surface area (Å²) in [5.41, 5.74) is -0.156. The summed E-state index contributed by atoms with van der Waals surface area (Å²) in [5.74, 6) is -0.722. The standard InChI is InChI=1S/C26H36N4O6S/c1-16(2)30-22-7-4-3-6-21(22)24(32)23(26(30)34)25(33)27-17-12-18-8-9-19(13-17)29(18)15-20(31)14-28-10-5-11-37(28,35)36/h3-4,6-7,16-20,31-32H,5,8-15H2,1-2H3,(H,27,33)/t17?,18-,19+,20?. The molecule has 11 heteroatoms. The number of β-amino-alcohol motifs (C(OH)–C–C–N with tert-alkyl or cyclic N) is 1. The van der Waals surface area contributed by atoms with E-state index >= 15 is 0 Å². The van der Waals surface area contributed by atoms with Gasteiger partial charge in [-0.15, -0.1) is 0 Å². The van der Waals surface area contributed by atoms with E-state index in [9.17, 15) is 28.2 Å². The van der Waals surface area contributed by atoms with E-state index in [-0.39, 0.29) is 47.8 Å². The van der Waals surface area contributed by atoms with Gasteiger partial charge < -0.3 is 20.1 Å². The predicted octanol–water partition coefficient (Wildman–Crippen LogP) is 1.41. The zero-order valence-electron chi connectivity index (χ0n) is 21.3. The number of hydrogen-bond donors (Lipinski definition) is 3. The Balaban J connectivity index is 1.28. The molecule has 2 bridgehead atoms. The van der Waals surface area contributed by atoms with Crippen molar-refractivity contribution in [2.24, 2.45) is 0 Å². The topological polar surface area (TPSA) is 132 Å². The lowest BCUT2D eigenvalue weighted by molar-refractivity contribution is 0.0437. The van der Waals surface area contributed by atoms with Crippen LogP contribution in [0.15, 0.2) is 29.1 Å². The molecule has 4 heterocycles. The highest BCUT2D eigenvalue weighted by atomic mass is 32.2. The number of carbonyl (C=O) groups is 1. The molecule has 10 nitrogen and oxygen atoms in total. The molecular weight excluding hydrogens is 496 g/mol. The minimum atomic E-state index is -3.25. The number of benzene rings is 1. The minimum Gasteiger partial charge on any atom is -0.506 e. The number of piperidine rings is 1. The summed E-state index contributed by atoms with van der Waals surface area (Å²) in [6.07, 6.45) is 3.04. The van der Waals surface area contributed by atoms with Crippen LogP contribution < -0.4 is 10.9 Å². The van der Waals surface area contributed by atoms with Crippen LogP contribution in [0.4, 0.5) is 0 Å². The fourth-order valence-corrected chi connectivity index (χ4v) is 8.01. The van der Waals surface area contributed by atoms with Gasteiger partial charge in [-0.25, -0.2) is 8.42 Å². The van der Waals surface area contributed by atoms with Gasteiger partial charge in [0, 0.05) is 49.2 Å². The minimum absolute atomic E-state index is 0.113. The quantitative estimate of drug-likeness (QED) is 0.491. The first-order chi connectivity index (χ1) is 17.6. The Kier molecular flexibility index (Phi) is 7.08. The molecule has 0 spiro atoms. The Morgan fingerprint density at radius 2 is 1.81 bits per heavy atom. The molecule has 3 N–H and O–H groups in total. The Hall–Kier alpha value is -2.47. The SMILES string of the molecule is CC(C)n1c(=O)c(C(=O)NC2C[C@H]3CC[C@@H](C2)N3CC(O)CN2CCCS2(=O)=O)c(O)c2ccccc21. The Morgan fingerprint density at radius 1 is 1.14 bits per heavy atom. The van der Waals surface area contributed by atoms with Crippen LogP contribution in [0.25, 0.3) is 10.9 Å². The van der Waals surface area contributed by atoms with Gasteiger partial charge in [0.05, 0.1) is 17.4 Å². The van der Waals surface area contributed by atoms with Crippen molar-refractivity contribution in [1.82, 2.24) is 19.1 Å². The molecular formula is C26H36N4O6S. The third-order valence-electron chi connectivity index (χ3n) is 8.09. The van der Waals surface area contributed by atoms with E-state index in [0.717, 1.165) is 12.8 Å². The Morgan fingerprint density at radius 3 is 2.43 bits per heavy atom. The van der Waals surface area contributed by atoms with Gasteiger partial charge in [-0.2, -0.15) is 4.31 Å². The zero-order chi connectivity index (χ0) is 26.5. The molecule has 37 heavy (non-hydrogen) atoms. The molecule has 1 aromatic heterocycles. The van der Waals surface area contributed by atoms with Crippen molar-refractivity contribution in [1.29, 1.82) is 0 Å². The number of sulfonamides is 1. The molecule has 0 saturated carbocycles. The number of hydrogen-bond acceptors (Lipinski definition) is 7. The van der Waals surface area contributed by atoms with E-state index < -0.39 is 27.6 Å². The van der Waals surface area contributed by atoms with E-state index in [0.29, 0.717) is 43.3 Å². The lowest BCUT2D eigenvalue weighted by Gasteiger charge is -2.40. The van der Waals surface area contributed by atoms with Gasteiger partial charge in [-0.05, 0) is 58.1 Å². The van der Waals surface area contributed by atoms with Crippen molar-refractivity contribution in [3.05, 3.63) is 40.2 Å². The highest BCUT2D eigenvalue weighted by Gasteiger charge is 2.42. The van der Waals surface area contributed by atoms with E-state index in [1.165, 1.54) is 8.87 Å². The summed E-state index contributed by atoms with van der Waals surface area (Å²) in [5, 5.41) is 25.0. The van der Waals surface area contributed by atoms with E-state index in [1.807, 2.05) is 13.8 Å². The van der Waals surface area contributed by atoms with Gasteiger partial charge >= 0.3 is 0 Å². The van der Waals surface area contributed by atoms with Crippen LogP contribution in [0.5, 0.6) is 5.75 Å². The number of amides is 1. The number of carbonyl (C=O) groups excluding carboxylic acids is 1. The van der Waals surface area contributed by atoms with Crippen LogP contribution in [-0.2, 0) is 10.0 Å². The van der Waals surface area contributed by atoms with Gasteiger partial charge in [0.15, 0.2) is 0 Å². The number of rotatable bonds is 7. The molecule has 1 aromatic carbocycles. The number of fused-ring (bicyclic) bond motifs is 3. The maximum Gasteiger partial charge on any atom is 0.267 e. The summed E-state index contributed by atoms with van der Waals surface area (Å²) in [6.45, 7) is 4.70. The lowest BCUT2D eigenvalue weighted by Crippen LogP contribution is -2.53. The van der Waals surface area contributed by atoms with Gasteiger partial charge in [0.25, 0.3) is 11.5 Å². The third kappa shape index (κ3) is 4.89. The van der Waals surface area contributed by atoms with Crippen molar-refractivity contribution in [2.75, 3.05) is 25.4 Å². The molecule has 1 amide bonds. The highest BCUT2D eigenvalue weighted by molar-refractivity contribution is 7.89. The maximum absolute atomic E-state index is 13.3. The first kappa shape index (κ1) is 26.1. The van der Waals surface area contributed by atoms with Crippen molar-refractivity contribution in [3.63, 3.8) is 0 Å². The molecule has 0 radical (unpaired) electrons. The zero-order valence-corrected chi connectivity index (χ0v) is 22.2. The third-order valence-corrected chi connectivity index (χ3v) is 10.0. The van der Waals surface area contributed by atoms with Crippen LogP contribution in [-0.4, -0.2) is 87.9 Å². The molecule has 3 saturated heterocycles. The van der Waals surface area contributed by atoms with Crippen molar-refractivity contribution in [2.45, 2.75) is 76.2 Å². The smallest absolute Gasteiger partial charge is 0.267 e. The molecule has 3 aliphatic heterocycles. The van der Waals surface area contributed by atoms with Crippen LogP contribution in [0.1, 0.15) is 62.4 Å². The highest BCUT2D eigenvalue weighted by Crippen LogP contribution is 2.36. The largest absolute Gasteiger partial charge is 0.506 e. The van der Waals surface area contributed by atoms with E-state index in [4.69, 9.17) is 0 Å². The molecule has 202 valence electrons. The van der Waals surface area contributed by atoms with Crippen molar-refractivity contribution in [3.8, 4) is 5.75 Å². The number of pyridine rings is 1. The van der Waals surface area contributed by atoms with Gasteiger partial charge in [0.1, 0.15) is 11.3 Å².